The van der Waals surface area contributed by atoms with E-state index >= 15 is 0 Å². The van der Waals surface area contributed by atoms with Gasteiger partial charge in [-0.05, 0) is 43.5 Å². The molecule has 2 rings (SSSR count). The number of ether oxygens (including phenoxy) is 1. The monoisotopic (exact) mass is 305 g/mol. The van der Waals surface area contributed by atoms with Crippen molar-refractivity contribution in [2.24, 2.45) is 0 Å². The predicted octanol–water partition coefficient (Wildman–Crippen LogP) is 2.94. The Labute approximate surface area is 130 Å². The van der Waals surface area contributed by atoms with Crippen LogP contribution in [0.4, 0.5) is 0 Å². The second-order valence-electron chi connectivity index (χ2n) is 5.57. The van der Waals surface area contributed by atoms with Gasteiger partial charge in [-0.3, -0.25) is 4.79 Å². The molecule has 0 radical (unpaired) electrons. The lowest BCUT2D eigenvalue weighted by Gasteiger charge is -2.21. The molecule has 1 aromatic rings. The van der Waals surface area contributed by atoms with Crippen molar-refractivity contribution in [3.05, 3.63) is 29.8 Å². The van der Waals surface area contributed by atoms with Crippen LogP contribution in [0, 0.1) is 0 Å². The zero-order valence-corrected chi connectivity index (χ0v) is 13.0. The average molecular weight is 305 g/mol. The lowest BCUT2D eigenvalue weighted by atomic mass is 10.1. The molecule has 1 N–H and O–H groups in total. The Bertz CT molecular complexity index is 512. The minimum Gasteiger partial charge on any atom is -0.494 e. The van der Waals surface area contributed by atoms with Gasteiger partial charge < -0.3 is 14.7 Å². The van der Waals surface area contributed by atoms with Crippen molar-refractivity contribution in [3.63, 3.8) is 0 Å². The van der Waals surface area contributed by atoms with Gasteiger partial charge in [0, 0.05) is 12.1 Å². The van der Waals surface area contributed by atoms with E-state index in [2.05, 4.69) is 6.92 Å². The maximum Gasteiger partial charge on any atom is 0.326 e. The van der Waals surface area contributed by atoms with Crippen molar-refractivity contribution in [2.45, 2.75) is 45.1 Å². The first kappa shape index (κ1) is 16.3. The number of carboxylic acids is 1. The predicted molar refractivity (Wildman–Crippen MR) is 83.2 cm³/mol. The third-order valence-corrected chi connectivity index (χ3v) is 3.92. The fourth-order valence-corrected chi connectivity index (χ4v) is 2.67. The van der Waals surface area contributed by atoms with E-state index in [-0.39, 0.29) is 5.91 Å². The third-order valence-electron chi connectivity index (χ3n) is 3.92. The SMILES string of the molecule is CCCCCOc1ccc(C(=O)N2CCC[C@@H]2C(=O)O)cc1. The number of rotatable bonds is 7. The molecule has 1 aliphatic heterocycles. The van der Waals surface area contributed by atoms with E-state index in [0.717, 1.165) is 31.4 Å². The summed E-state index contributed by atoms with van der Waals surface area (Å²) >= 11 is 0. The first-order valence-electron chi connectivity index (χ1n) is 7.90. The third kappa shape index (κ3) is 4.00. The molecule has 1 heterocycles. The number of unbranched alkanes of at least 4 members (excludes halogenated alkanes) is 2. The summed E-state index contributed by atoms with van der Waals surface area (Å²) in [5.41, 5.74) is 0.508. The highest BCUT2D eigenvalue weighted by Gasteiger charge is 2.34. The number of nitrogens with zero attached hydrogens (tertiary/aromatic N) is 1. The van der Waals surface area contributed by atoms with Gasteiger partial charge in [0.05, 0.1) is 6.61 Å². The summed E-state index contributed by atoms with van der Waals surface area (Å²) in [6.07, 6.45) is 4.58. The maximum absolute atomic E-state index is 12.4. The van der Waals surface area contributed by atoms with Crippen LogP contribution in [-0.2, 0) is 4.79 Å². The fourth-order valence-electron chi connectivity index (χ4n) is 2.67. The second-order valence-corrected chi connectivity index (χ2v) is 5.57. The Balaban J connectivity index is 1.95. The van der Waals surface area contributed by atoms with Crippen LogP contribution in [0.2, 0.25) is 0 Å². The molecule has 1 atom stereocenters. The Kier molecular flexibility index (Phi) is 5.81. The number of benzene rings is 1. The Hall–Kier alpha value is -2.04. The van der Waals surface area contributed by atoms with Crippen LogP contribution in [-0.4, -0.2) is 41.1 Å². The number of carbonyl (C=O) groups excluding carboxylic acids is 1. The van der Waals surface area contributed by atoms with Crippen LogP contribution in [0.15, 0.2) is 24.3 Å². The quantitative estimate of drug-likeness (QED) is 0.787. The lowest BCUT2D eigenvalue weighted by molar-refractivity contribution is -0.141. The molecule has 5 nitrogen and oxygen atoms in total. The van der Waals surface area contributed by atoms with Crippen LogP contribution >= 0.6 is 0 Å². The van der Waals surface area contributed by atoms with Crippen molar-refractivity contribution in [1.82, 2.24) is 4.90 Å². The molecule has 22 heavy (non-hydrogen) atoms. The number of aliphatic carboxylic acids is 1. The summed E-state index contributed by atoms with van der Waals surface area (Å²) in [7, 11) is 0. The molecule has 0 aliphatic carbocycles. The van der Waals surface area contributed by atoms with Gasteiger partial charge in [0.15, 0.2) is 0 Å². The summed E-state index contributed by atoms with van der Waals surface area (Å²) in [5.74, 6) is -0.409. The summed E-state index contributed by atoms with van der Waals surface area (Å²) in [6, 6.07) is 6.25. The Morgan fingerprint density at radius 3 is 2.64 bits per heavy atom. The molecule has 1 aromatic carbocycles. The molecule has 1 amide bonds. The van der Waals surface area contributed by atoms with E-state index < -0.39 is 12.0 Å². The highest BCUT2D eigenvalue weighted by atomic mass is 16.5. The van der Waals surface area contributed by atoms with Crippen molar-refractivity contribution < 1.29 is 19.4 Å². The summed E-state index contributed by atoms with van der Waals surface area (Å²) < 4.78 is 5.61. The molecule has 1 saturated heterocycles. The van der Waals surface area contributed by atoms with E-state index in [4.69, 9.17) is 9.84 Å². The van der Waals surface area contributed by atoms with Gasteiger partial charge in [-0.2, -0.15) is 0 Å². The van der Waals surface area contributed by atoms with Gasteiger partial charge in [0.25, 0.3) is 5.91 Å². The molecule has 0 spiro atoms. The standard InChI is InChI=1S/C17H23NO4/c1-2-3-4-12-22-14-9-7-13(8-10-14)16(19)18-11-5-6-15(18)17(20)21/h7-10,15H,2-6,11-12H2,1H3,(H,20,21)/t15-/m1/s1. The smallest absolute Gasteiger partial charge is 0.326 e. The first-order valence-corrected chi connectivity index (χ1v) is 7.90. The topological polar surface area (TPSA) is 66.8 Å². The van der Waals surface area contributed by atoms with Gasteiger partial charge in [-0.15, -0.1) is 0 Å². The number of likely N-dealkylation sites (tertiary alicyclic amines) is 1. The summed E-state index contributed by atoms with van der Waals surface area (Å²) in [5, 5.41) is 9.15. The number of carboxylic acid groups (broad SMARTS) is 1. The van der Waals surface area contributed by atoms with Crippen LogP contribution < -0.4 is 4.74 Å². The van der Waals surface area contributed by atoms with E-state index in [1.807, 2.05) is 0 Å². The molecule has 1 aliphatic rings. The molecule has 0 unspecified atom stereocenters. The van der Waals surface area contributed by atoms with Crippen molar-refractivity contribution >= 4 is 11.9 Å². The number of carbonyl (C=O) groups is 2. The number of amides is 1. The van der Waals surface area contributed by atoms with Crippen LogP contribution in [0.5, 0.6) is 5.75 Å². The largest absolute Gasteiger partial charge is 0.494 e. The molecule has 1 fully saturated rings. The number of hydrogen-bond acceptors (Lipinski definition) is 3. The van der Waals surface area contributed by atoms with Crippen LogP contribution in [0.1, 0.15) is 49.4 Å². The first-order chi connectivity index (χ1) is 10.6. The lowest BCUT2D eigenvalue weighted by Crippen LogP contribution is -2.40. The molecular weight excluding hydrogens is 282 g/mol. The molecule has 5 heteroatoms. The van der Waals surface area contributed by atoms with Crippen LogP contribution in [0.25, 0.3) is 0 Å². The van der Waals surface area contributed by atoms with Gasteiger partial charge in [-0.1, -0.05) is 19.8 Å². The van der Waals surface area contributed by atoms with E-state index in [1.165, 1.54) is 4.90 Å². The molecule has 120 valence electrons. The molecule has 0 saturated carbocycles. The van der Waals surface area contributed by atoms with E-state index in [9.17, 15) is 9.59 Å². The van der Waals surface area contributed by atoms with Crippen molar-refractivity contribution in [3.8, 4) is 5.75 Å². The highest BCUT2D eigenvalue weighted by molar-refractivity contribution is 5.97. The minimum atomic E-state index is -0.929. The Morgan fingerprint density at radius 1 is 1.27 bits per heavy atom. The second kappa shape index (κ2) is 7.82. The van der Waals surface area contributed by atoms with Gasteiger partial charge in [0.1, 0.15) is 11.8 Å². The van der Waals surface area contributed by atoms with Gasteiger partial charge in [0.2, 0.25) is 0 Å². The van der Waals surface area contributed by atoms with E-state index in [1.54, 1.807) is 24.3 Å². The maximum atomic E-state index is 12.4. The highest BCUT2D eigenvalue weighted by Crippen LogP contribution is 2.21. The zero-order valence-electron chi connectivity index (χ0n) is 13.0. The summed E-state index contributed by atoms with van der Waals surface area (Å²) in [6.45, 7) is 3.32. The van der Waals surface area contributed by atoms with Crippen LogP contribution in [0.3, 0.4) is 0 Å². The van der Waals surface area contributed by atoms with Gasteiger partial charge in [-0.25, -0.2) is 4.79 Å². The van der Waals surface area contributed by atoms with Crippen molar-refractivity contribution in [2.75, 3.05) is 13.2 Å². The van der Waals surface area contributed by atoms with E-state index in [0.29, 0.717) is 25.1 Å². The fraction of sp³-hybridized carbons (Fsp3) is 0.529. The normalized spacial score (nSPS) is 17.5. The minimum absolute atomic E-state index is 0.220. The number of hydrogen-bond donors (Lipinski definition) is 1. The average Bonchev–Trinajstić information content (AvgIpc) is 3.01. The molecule has 0 aromatic heterocycles. The molecule has 0 bridgehead atoms. The molecular formula is C17H23NO4. The zero-order chi connectivity index (χ0) is 15.9. The van der Waals surface area contributed by atoms with Crippen molar-refractivity contribution in [1.29, 1.82) is 0 Å². The Morgan fingerprint density at radius 2 is 2.00 bits per heavy atom. The van der Waals surface area contributed by atoms with Gasteiger partial charge >= 0.3 is 5.97 Å². The summed E-state index contributed by atoms with van der Waals surface area (Å²) in [4.78, 5) is 25.0.